The number of carbonyl (C=O) groups excluding carboxylic acids is 1. The van der Waals surface area contributed by atoms with Crippen molar-refractivity contribution in [2.24, 2.45) is 0 Å². The molecule has 0 saturated carbocycles. The zero-order chi connectivity index (χ0) is 15.7. The van der Waals surface area contributed by atoms with E-state index in [9.17, 15) is 14.3 Å². The number of ketones is 1. The number of aryl methyl sites for hydroxylation is 1. The highest BCUT2D eigenvalue weighted by Gasteiger charge is 2.22. The van der Waals surface area contributed by atoms with Crippen LogP contribution in [0.15, 0.2) is 42.0 Å². The summed E-state index contributed by atoms with van der Waals surface area (Å²) in [6.45, 7) is 0. The fraction of sp³-hybridized carbons (Fsp3) is 0.167. The fourth-order valence-electron chi connectivity index (χ4n) is 2.68. The maximum atomic E-state index is 13.7. The van der Waals surface area contributed by atoms with Crippen LogP contribution >= 0.6 is 0 Å². The number of methoxy groups -OCH3 is 1. The summed E-state index contributed by atoms with van der Waals surface area (Å²) < 4.78 is 18.6. The van der Waals surface area contributed by atoms with Crippen LogP contribution in [0.5, 0.6) is 11.5 Å². The van der Waals surface area contributed by atoms with Crippen LogP contribution in [0.1, 0.15) is 27.9 Å². The van der Waals surface area contributed by atoms with E-state index in [4.69, 9.17) is 4.74 Å². The van der Waals surface area contributed by atoms with Gasteiger partial charge in [0, 0.05) is 11.1 Å². The van der Waals surface area contributed by atoms with Crippen LogP contribution in [-0.2, 0) is 6.42 Å². The zero-order valence-corrected chi connectivity index (χ0v) is 12.1. The van der Waals surface area contributed by atoms with Crippen LogP contribution in [-0.4, -0.2) is 18.0 Å². The zero-order valence-electron chi connectivity index (χ0n) is 12.1. The molecule has 0 heterocycles. The summed E-state index contributed by atoms with van der Waals surface area (Å²) in [5.74, 6) is -0.183. The van der Waals surface area contributed by atoms with Gasteiger partial charge >= 0.3 is 0 Å². The van der Waals surface area contributed by atoms with E-state index >= 15 is 0 Å². The summed E-state index contributed by atoms with van der Waals surface area (Å²) in [6, 6.07) is 9.37. The molecule has 0 atom stereocenters. The second kappa shape index (κ2) is 5.64. The van der Waals surface area contributed by atoms with Crippen LogP contribution in [0.3, 0.4) is 0 Å². The SMILES string of the molecule is COc1ccc(/C=C2\CCc3cc(O)ccc3C2=O)cc1F. The molecule has 0 fully saturated rings. The molecule has 0 aromatic heterocycles. The van der Waals surface area contributed by atoms with E-state index in [0.29, 0.717) is 29.5 Å². The van der Waals surface area contributed by atoms with Crippen molar-refractivity contribution in [2.75, 3.05) is 7.11 Å². The molecule has 2 aromatic rings. The predicted molar refractivity (Wildman–Crippen MR) is 81.7 cm³/mol. The van der Waals surface area contributed by atoms with Crippen LogP contribution in [0, 0.1) is 5.82 Å². The minimum absolute atomic E-state index is 0.0718. The van der Waals surface area contributed by atoms with E-state index in [2.05, 4.69) is 0 Å². The average Bonchev–Trinajstić information content (AvgIpc) is 2.50. The summed E-state index contributed by atoms with van der Waals surface area (Å²) in [7, 11) is 1.41. The molecule has 1 N–H and O–H groups in total. The number of phenolic OH excluding ortho intramolecular Hbond substituents is 1. The molecule has 3 rings (SSSR count). The highest BCUT2D eigenvalue weighted by Crippen LogP contribution is 2.29. The van der Waals surface area contributed by atoms with Gasteiger partial charge in [-0.25, -0.2) is 4.39 Å². The number of hydrogen-bond donors (Lipinski definition) is 1. The van der Waals surface area contributed by atoms with E-state index in [0.717, 1.165) is 5.56 Å². The molecule has 112 valence electrons. The molecule has 0 spiro atoms. The Labute approximate surface area is 127 Å². The molecule has 4 heteroatoms. The number of ether oxygens (including phenoxy) is 1. The third-order valence-corrected chi connectivity index (χ3v) is 3.81. The Morgan fingerprint density at radius 1 is 1.18 bits per heavy atom. The van der Waals surface area contributed by atoms with Gasteiger partial charge < -0.3 is 9.84 Å². The summed E-state index contributed by atoms with van der Waals surface area (Å²) >= 11 is 0. The number of rotatable bonds is 2. The number of carbonyl (C=O) groups is 1. The molecule has 0 unspecified atom stereocenters. The number of hydrogen-bond acceptors (Lipinski definition) is 3. The van der Waals surface area contributed by atoms with Crippen molar-refractivity contribution in [3.8, 4) is 11.5 Å². The van der Waals surface area contributed by atoms with Gasteiger partial charge in [0.2, 0.25) is 0 Å². The van der Waals surface area contributed by atoms with E-state index < -0.39 is 5.82 Å². The third kappa shape index (κ3) is 2.60. The van der Waals surface area contributed by atoms with Crippen molar-refractivity contribution in [1.29, 1.82) is 0 Å². The molecule has 0 amide bonds. The molecule has 0 saturated heterocycles. The van der Waals surface area contributed by atoms with Crippen molar-refractivity contribution in [1.82, 2.24) is 0 Å². The lowest BCUT2D eigenvalue weighted by Crippen LogP contribution is -2.13. The Morgan fingerprint density at radius 2 is 2.00 bits per heavy atom. The molecule has 1 aliphatic carbocycles. The molecule has 22 heavy (non-hydrogen) atoms. The lowest BCUT2D eigenvalue weighted by atomic mass is 9.86. The summed E-state index contributed by atoms with van der Waals surface area (Å²) in [4.78, 5) is 12.5. The van der Waals surface area contributed by atoms with E-state index in [-0.39, 0.29) is 17.3 Å². The fourth-order valence-corrected chi connectivity index (χ4v) is 2.68. The molecule has 0 radical (unpaired) electrons. The molecule has 0 bridgehead atoms. The van der Waals surface area contributed by atoms with Crippen LogP contribution in [0.25, 0.3) is 6.08 Å². The van der Waals surface area contributed by atoms with E-state index in [1.165, 1.54) is 19.2 Å². The summed E-state index contributed by atoms with van der Waals surface area (Å²) in [5.41, 5.74) is 2.72. The number of fused-ring (bicyclic) bond motifs is 1. The Hall–Kier alpha value is -2.62. The molecule has 3 nitrogen and oxygen atoms in total. The number of aromatic hydroxyl groups is 1. The highest BCUT2D eigenvalue weighted by molar-refractivity contribution is 6.13. The van der Waals surface area contributed by atoms with Crippen molar-refractivity contribution in [2.45, 2.75) is 12.8 Å². The summed E-state index contributed by atoms with van der Waals surface area (Å²) in [6.07, 6.45) is 2.96. The first kappa shape index (κ1) is 14.3. The summed E-state index contributed by atoms with van der Waals surface area (Å²) in [5, 5.41) is 9.48. The number of allylic oxidation sites excluding steroid dienone is 1. The van der Waals surface area contributed by atoms with E-state index in [1.807, 2.05) is 0 Å². The lowest BCUT2D eigenvalue weighted by molar-refractivity contribution is 0.102. The monoisotopic (exact) mass is 298 g/mol. The number of phenols is 1. The maximum absolute atomic E-state index is 13.7. The number of Topliss-reactive ketones (excluding diaryl/α,β-unsaturated/α-hetero) is 1. The minimum Gasteiger partial charge on any atom is -0.508 e. The lowest BCUT2D eigenvalue weighted by Gasteiger charge is -2.17. The number of benzene rings is 2. The van der Waals surface area contributed by atoms with Crippen molar-refractivity contribution >= 4 is 11.9 Å². The van der Waals surface area contributed by atoms with Crippen LogP contribution in [0.4, 0.5) is 4.39 Å². The highest BCUT2D eigenvalue weighted by atomic mass is 19.1. The Bertz CT molecular complexity index is 778. The normalized spacial score (nSPS) is 15.7. The van der Waals surface area contributed by atoms with Crippen molar-refractivity contribution in [3.63, 3.8) is 0 Å². The van der Waals surface area contributed by atoms with Gasteiger partial charge in [-0.3, -0.25) is 4.79 Å². The van der Waals surface area contributed by atoms with Crippen molar-refractivity contribution in [3.05, 3.63) is 64.5 Å². The Balaban J connectivity index is 1.94. The van der Waals surface area contributed by atoms with Crippen LogP contribution < -0.4 is 4.74 Å². The average molecular weight is 298 g/mol. The van der Waals surface area contributed by atoms with Gasteiger partial charge in [-0.05, 0) is 60.4 Å². The second-order valence-corrected chi connectivity index (χ2v) is 5.23. The largest absolute Gasteiger partial charge is 0.508 e. The Kier molecular flexibility index (Phi) is 3.67. The van der Waals surface area contributed by atoms with Gasteiger partial charge in [0.05, 0.1) is 7.11 Å². The first-order valence-electron chi connectivity index (χ1n) is 6.99. The number of halogens is 1. The van der Waals surface area contributed by atoms with Gasteiger partial charge in [-0.15, -0.1) is 0 Å². The molecule has 2 aromatic carbocycles. The van der Waals surface area contributed by atoms with Gasteiger partial charge in [0.25, 0.3) is 0 Å². The molecular weight excluding hydrogens is 283 g/mol. The first-order valence-corrected chi connectivity index (χ1v) is 6.99. The van der Waals surface area contributed by atoms with Gasteiger partial charge in [-0.2, -0.15) is 0 Å². The topological polar surface area (TPSA) is 46.5 Å². The van der Waals surface area contributed by atoms with Gasteiger partial charge in [0.15, 0.2) is 17.3 Å². The third-order valence-electron chi connectivity index (χ3n) is 3.81. The van der Waals surface area contributed by atoms with Gasteiger partial charge in [0.1, 0.15) is 5.75 Å². The molecule has 0 aliphatic heterocycles. The first-order chi connectivity index (χ1) is 10.6. The maximum Gasteiger partial charge on any atom is 0.189 e. The van der Waals surface area contributed by atoms with Gasteiger partial charge in [-0.1, -0.05) is 6.07 Å². The smallest absolute Gasteiger partial charge is 0.189 e. The predicted octanol–water partition coefficient (Wildman–Crippen LogP) is 3.75. The Morgan fingerprint density at radius 3 is 2.73 bits per heavy atom. The quantitative estimate of drug-likeness (QED) is 0.859. The van der Waals surface area contributed by atoms with E-state index in [1.54, 1.807) is 30.3 Å². The molecule has 1 aliphatic rings. The van der Waals surface area contributed by atoms with Crippen LogP contribution in [0.2, 0.25) is 0 Å². The second-order valence-electron chi connectivity index (χ2n) is 5.23. The standard InChI is InChI=1S/C18H15FO3/c1-22-17-7-2-11(9-16(17)19)8-13-4-3-12-10-14(20)5-6-15(12)18(13)21/h2,5-10,20H,3-4H2,1H3/b13-8+. The minimum atomic E-state index is -0.453. The molecular formula is C18H15FO3. The van der Waals surface area contributed by atoms with Crippen molar-refractivity contribution < 1.29 is 19.0 Å².